The van der Waals surface area contributed by atoms with Gasteiger partial charge in [0.05, 0.1) is 12.0 Å². The predicted octanol–water partition coefficient (Wildman–Crippen LogP) is 2.32. The van der Waals surface area contributed by atoms with Gasteiger partial charge in [0.1, 0.15) is 0 Å². The summed E-state index contributed by atoms with van der Waals surface area (Å²) in [4.78, 5) is 27.6. The number of hydrogen-bond acceptors (Lipinski definition) is 2. The Balaban J connectivity index is 1.91. The second-order valence-electron chi connectivity index (χ2n) is 6.82. The third kappa shape index (κ3) is 2.82. The summed E-state index contributed by atoms with van der Waals surface area (Å²) in [5.74, 6) is -3.76. The molecule has 2 aliphatic heterocycles. The maximum Gasteiger partial charge on any atom is 0.266 e. The van der Waals surface area contributed by atoms with E-state index >= 15 is 0 Å². The molecule has 124 valence electrons. The SMILES string of the molecule is Cc1cccc(C(=O)N2CC(F)(F)C[C@]3(CCN(C)C3=O)C2)c1. The van der Waals surface area contributed by atoms with E-state index in [9.17, 15) is 18.4 Å². The van der Waals surface area contributed by atoms with Crippen LogP contribution in [0.4, 0.5) is 8.78 Å². The summed E-state index contributed by atoms with van der Waals surface area (Å²) < 4.78 is 28.5. The maximum atomic E-state index is 14.2. The summed E-state index contributed by atoms with van der Waals surface area (Å²) in [6.07, 6.45) is -0.101. The molecule has 0 aromatic heterocycles. The molecule has 0 radical (unpaired) electrons. The molecule has 2 heterocycles. The third-order valence-electron chi connectivity index (χ3n) is 4.79. The van der Waals surface area contributed by atoms with Gasteiger partial charge in [-0.3, -0.25) is 9.59 Å². The number of benzene rings is 1. The first-order chi connectivity index (χ1) is 10.7. The van der Waals surface area contributed by atoms with Crippen molar-refractivity contribution in [1.82, 2.24) is 9.80 Å². The third-order valence-corrected chi connectivity index (χ3v) is 4.79. The quantitative estimate of drug-likeness (QED) is 0.796. The largest absolute Gasteiger partial charge is 0.345 e. The number of hydrogen-bond donors (Lipinski definition) is 0. The molecule has 0 saturated carbocycles. The first-order valence-corrected chi connectivity index (χ1v) is 7.72. The fourth-order valence-corrected chi connectivity index (χ4v) is 3.72. The van der Waals surface area contributed by atoms with Gasteiger partial charge in [-0.05, 0) is 25.5 Å². The van der Waals surface area contributed by atoms with Crippen LogP contribution in [0, 0.1) is 12.3 Å². The van der Waals surface area contributed by atoms with Gasteiger partial charge in [-0.2, -0.15) is 0 Å². The molecule has 2 saturated heterocycles. The molecule has 4 nitrogen and oxygen atoms in total. The van der Waals surface area contributed by atoms with Crippen molar-refractivity contribution in [3.05, 3.63) is 35.4 Å². The average Bonchev–Trinajstić information content (AvgIpc) is 2.73. The van der Waals surface area contributed by atoms with Gasteiger partial charge in [-0.1, -0.05) is 17.7 Å². The molecular formula is C17H20F2N2O2. The molecule has 23 heavy (non-hydrogen) atoms. The van der Waals surface area contributed by atoms with Crippen LogP contribution in [0.1, 0.15) is 28.8 Å². The zero-order chi connectivity index (χ0) is 16.8. The van der Waals surface area contributed by atoms with Crippen LogP contribution in [0.15, 0.2) is 24.3 Å². The lowest BCUT2D eigenvalue weighted by Gasteiger charge is -2.42. The van der Waals surface area contributed by atoms with Crippen LogP contribution in [-0.2, 0) is 4.79 Å². The van der Waals surface area contributed by atoms with E-state index in [1.54, 1.807) is 25.2 Å². The van der Waals surface area contributed by atoms with Gasteiger partial charge in [0.2, 0.25) is 5.91 Å². The number of nitrogens with zero attached hydrogens (tertiary/aromatic N) is 2. The summed E-state index contributed by atoms with van der Waals surface area (Å²) in [6, 6.07) is 6.88. The normalized spacial score (nSPS) is 26.9. The van der Waals surface area contributed by atoms with E-state index in [-0.39, 0.29) is 12.5 Å². The Kier molecular flexibility index (Phi) is 3.65. The van der Waals surface area contributed by atoms with Crippen molar-refractivity contribution in [1.29, 1.82) is 0 Å². The highest BCUT2D eigenvalue weighted by molar-refractivity contribution is 5.95. The smallest absolute Gasteiger partial charge is 0.266 e. The lowest BCUT2D eigenvalue weighted by Crippen LogP contribution is -2.57. The zero-order valence-corrected chi connectivity index (χ0v) is 13.3. The summed E-state index contributed by atoms with van der Waals surface area (Å²) >= 11 is 0. The highest BCUT2D eigenvalue weighted by Gasteiger charge is 2.57. The van der Waals surface area contributed by atoms with E-state index in [1.807, 2.05) is 13.0 Å². The molecule has 1 spiro atoms. The van der Waals surface area contributed by atoms with Crippen LogP contribution in [0.25, 0.3) is 0 Å². The average molecular weight is 322 g/mol. The van der Waals surface area contributed by atoms with Crippen molar-refractivity contribution in [2.24, 2.45) is 5.41 Å². The van der Waals surface area contributed by atoms with Crippen LogP contribution in [0.5, 0.6) is 0 Å². The Morgan fingerprint density at radius 2 is 2.00 bits per heavy atom. The number of carbonyl (C=O) groups excluding carboxylic acids is 2. The van der Waals surface area contributed by atoms with Crippen molar-refractivity contribution < 1.29 is 18.4 Å². The molecule has 0 N–H and O–H groups in total. The number of carbonyl (C=O) groups is 2. The van der Waals surface area contributed by atoms with Gasteiger partial charge in [0.15, 0.2) is 0 Å². The Morgan fingerprint density at radius 3 is 2.61 bits per heavy atom. The lowest BCUT2D eigenvalue weighted by atomic mass is 9.76. The molecule has 1 atom stereocenters. The first-order valence-electron chi connectivity index (χ1n) is 7.72. The van der Waals surface area contributed by atoms with E-state index in [4.69, 9.17) is 0 Å². The molecule has 2 fully saturated rings. The minimum Gasteiger partial charge on any atom is -0.345 e. The second-order valence-corrected chi connectivity index (χ2v) is 6.82. The summed E-state index contributed by atoms with van der Waals surface area (Å²) in [5.41, 5.74) is 0.137. The molecule has 0 aliphatic carbocycles. The molecular weight excluding hydrogens is 302 g/mol. The molecule has 1 aromatic rings. The number of rotatable bonds is 1. The summed E-state index contributed by atoms with van der Waals surface area (Å²) in [5, 5.41) is 0. The van der Waals surface area contributed by atoms with Crippen molar-refractivity contribution >= 4 is 11.8 Å². The topological polar surface area (TPSA) is 40.6 Å². The Labute approximate surface area is 134 Å². The van der Waals surface area contributed by atoms with Crippen molar-refractivity contribution in [2.45, 2.75) is 25.7 Å². The predicted molar refractivity (Wildman–Crippen MR) is 81.3 cm³/mol. The van der Waals surface area contributed by atoms with Crippen LogP contribution in [0.3, 0.4) is 0 Å². The van der Waals surface area contributed by atoms with Crippen LogP contribution in [0.2, 0.25) is 0 Å². The number of halogens is 2. The van der Waals surface area contributed by atoms with Gasteiger partial charge < -0.3 is 9.80 Å². The fraction of sp³-hybridized carbons (Fsp3) is 0.529. The molecule has 6 heteroatoms. The monoisotopic (exact) mass is 322 g/mol. The Bertz CT molecular complexity index is 662. The fourth-order valence-electron chi connectivity index (χ4n) is 3.72. The van der Waals surface area contributed by atoms with Crippen molar-refractivity contribution in [2.75, 3.05) is 26.7 Å². The van der Waals surface area contributed by atoms with E-state index in [2.05, 4.69) is 0 Å². The van der Waals surface area contributed by atoms with E-state index in [0.29, 0.717) is 18.5 Å². The van der Waals surface area contributed by atoms with Crippen LogP contribution >= 0.6 is 0 Å². The molecule has 3 rings (SSSR count). The second kappa shape index (κ2) is 5.28. The Morgan fingerprint density at radius 1 is 1.26 bits per heavy atom. The highest BCUT2D eigenvalue weighted by Crippen LogP contribution is 2.45. The Hall–Kier alpha value is -1.98. The molecule has 0 bridgehead atoms. The van der Waals surface area contributed by atoms with Crippen LogP contribution in [-0.4, -0.2) is 54.2 Å². The maximum absolute atomic E-state index is 14.2. The van der Waals surface area contributed by atoms with Gasteiger partial charge in [-0.25, -0.2) is 8.78 Å². The number of alkyl halides is 2. The van der Waals surface area contributed by atoms with Crippen LogP contribution < -0.4 is 0 Å². The van der Waals surface area contributed by atoms with Gasteiger partial charge in [-0.15, -0.1) is 0 Å². The minimum atomic E-state index is -3.04. The molecule has 0 unspecified atom stereocenters. The molecule has 2 amide bonds. The molecule has 1 aromatic carbocycles. The van der Waals surface area contributed by atoms with Gasteiger partial charge in [0, 0.05) is 32.1 Å². The molecule has 2 aliphatic rings. The van der Waals surface area contributed by atoms with E-state index in [1.165, 1.54) is 4.90 Å². The number of piperidine rings is 1. The minimum absolute atomic E-state index is 0.0680. The van der Waals surface area contributed by atoms with Gasteiger partial charge >= 0.3 is 0 Å². The zero-order valence-electron chi connectivity index (χ0n) is 13.3. The van der Waals surface area contributed by atoms with E-state index < -0.39 is 30.2 Å². The number of amides is 2. The number of likely N-dealkylation sites (tertiary alicyclic amines) is 2. The standard InChI is InChI=1S/C17H20F2N2O2/c1-12-4-3-5-13(8-12)14(22)21-10-16(9-17(18,19)11-21)6-7-20(2)15(16)23/h3-5,8H,6-7,9-11H2,1-2H3/t16-/m1/s1. The first kappa shape index (κ1) is 15.9. The highest BCUT2D eigenvalue weighted by atomic mass is 19.3. The summed E-state index contributed by atoms with van der Waals surface area (Å²) in [6.45, 7) is 1.75. The lowest BCUT2D eigenvalue weighted by molar-refractivity contribution is -0.150. The van der Waals surface area contributed by atoms with E-state index in [0.717, 1.165) is 10.5 Å². The number of aryl methyl sites for hydroxylation is 1. The van der Waals surface area contributed by atoms with Crippen molar-refractivity contribution in [3.63, 3.8) is 0 Å². The van der Waals surface area contributed by atoms with Crippen molar-refractivity contribution in [3.8, 4) is 0 Å². The van der Waals surface area contributed by atoms with Gasteiger partial charge in [0.25, 0.3) is 11.8 Å². The summed E-state index contributed by atoms with van der Waals surface area (Å²) in [7, 11) is 1.62.